The average molecular weight is 400 g/mol. The van der Waals surface area contributed by atoms with Crippen molar-refractivity contribution in [3.8, 4) is 11.5 Å². The van der Waals surface area contributed by atoms with Gasteiger partial charge in [-0.15, -0.1) is 0 Å². The number of methoxy groups -OCH3 is 3. The monoisotopic (exact) mass is 399 g/mol. The molecule has 29 heavy (non-hydrogen) atoms. The molecule has 0 aliphatic carbocycles. The van der Waals surface area contributed by atoms with Crippen molar-refractivity contribution in [1.82, 2.24) is 5.32 Å². The molecule has 0 radical (unpaired) electrons. The standard InChI is InChI=1S/C23H30N2O4/c1-16(24-22(26)15-27-2)23-19-13-21(29-4)20(28-3)12-18(19)10-11-25(23)14-17-8-6-5-7-9-17/h5-9,12-13,16,23H,10-11,14-15H2,1-4H3,(H,24,26)/p+1/t16-,23-/m1/s1. The number of hydrogen-bond acceptors (Lipinski definition) is 4. The van der Waals surface area contributed by atoms with Crippen LogP contribution in [-0.2, 0) is 22.5 Å². The SMILES string of the molecule is COCC(=O)N[C@H](C)[C@@H]1c2cc(OC)c(OC)cc2CC[NH+]1Cc1ccccc1. The van der Waals surface area contributed by atoms with Crippen molar-refractivity contribution in [2.24, 2.45) is 0 Å². The molecule has 1 amide bonds. The number of hydrogen-bond donors (Lipinski definition) is 2. The van der Waals surface area contributed by atoms with E-state index in [1.807, 2.05) is 6.07 Å². The Morgan fingerprint density at radius 1 is 1.14 bits per heavy atom. The lowest BCUT2D eigenvalue weighted by Gasteiger charge is -2.38. The van der Waals surface area contributed by atoms with Crippen molar-refractivity contribution in [2.75, 3.05) is 34.5 Å². The van der Waals surface area contributed by atoms with Gasteiger partial charge in [-0.1, -0.05) is 30.3 Å². The van der Waals surface area contributed by atoms with E-state index in [1.165, 1.54) is 28.7 Å². The van der Waals surface area contributed by atoms with Gasteiger partial charge in [0.2, 0.25) is 5.91 Å². The molecule has 2 aromatic rings. The normalized spacial score (nSPS) is 19.2. The summed E-state index contributed by atoms with van der Waals surface area (Å²) in [5, 5.41) is 3.12. The summed E-state index contributed by atoms with van der Waals surface area (Å²) in [5.41, 5.74) is 3.73. The van der Waals surface area contributed by atoms with Crippen molar-refractivity contribution < 1.29 is 23.9 Å². The van der Waals surface area contributed by atoms with E-state index in [-0.39, 0.29) is 24.6 Å². The smallest absolute Gasteiger partial charge is 0.246 e. The molecule has 2 N–H and O–H groups in total. The van der Waals surface area contributed by atoms with Crippen LogP contribution in [0.3, 0.4) is 0 Å². The highest BCUT2D eigenvalue weighted by Crippen LogP contribution is 2.35. The maximum atomic E-state index is 12.2. The van der Waals surface area contributed by atoms with Gasteiger partial charge in [0.1, 0.15) is 19.2 Å². The zero-order valence-corrected chi connectivity index (χ0v) is 17.7. The van der Waals surface area contributed by atoms with Gasteiger partial charge in [0.05, 0.1) is 26.8 Å². The molecule has 0 fully saturated rings. The van der Waals surface area contributed by atoms with Gasteiger partial charge >= 0.3 is 0 Å². The van der Waals surface area contributed by atoms with Crippen LogP contribution in [0.25, 0.3) is 0 Å². The summed E-state index contributed by atoms with van der Waals surface area (Å²) in [5.74, 6) is 1.35. The van der Waals surface area contributed by atoms with E-state index in [0.717, 1.165) is 25.3 Å². The molecule has 1 aliphatic heterocycles. The molecule has 0 bridgehead atoms. The number of quaternary nitrogens is 1. The minimum atomic E-state index is -0.105. The Morgan fingerprint density at radius 3 is 2.48 bits per heavy atom. The Kier molecular flexibility index (Phi) is 7.12. The molecule has 3 rings (SSSR count). The van der Waals surface area contributed by atoms with Gasteiger partial charge in [0.15, 0.2) is 11.5 Å². The van der Waals surface area contributed by atoms with Crippen LogP contribution < -0.4 is 19.7 Å². The molecule has 2 aromatic carbocycles. The number of carbonyl (C=O) groups is 1. The molecule has 1 heterocycles. The highest BCUT2D eigenvalue weighted by atomic mass is 16.5. The van der Waals surface area contributed by atoms with Crippen molar-refractivity contribution in [3.63, 3.8) is 0 Å². The van der Waals surface area contributed by atoms with Crippen LogP contribution in [0.4, 0.5) is 0 Å². The average Bonchev–Trinajstić information content (AvgIpc) is 2.73. The lowest BCUT2D eigenvalue weighted by atomic mass is 9.87. The minimum absolute atomic E-state index is 0.0594. The van der Waals surface area contributed by atoms with Crippen LogP contribution in [0.15, 0.2) is 42.5 Å². The second-order valence-corrected chi connectivity index (χ2v) is 7.49. The van der Waals surface area contributed by atoms with Crippen molar-refractivity contribution >= 4 is 5.91 Å². The predicted molar refractivity (Wildman–Crippen MR) is 111 cm³/mol. The molecule has 0 aromatic heterocycles. The summed E-state index contributed by atoms with van der Waals surface area (Å²) in [6.45, 7) is 4.00. The van der Waals surface area contributed by atoms with Crippen molar-refractivity contribution in [1.29, 1.82) is 0 Å². The molecular formula is C23H31N2O4+. The van der Waals surface area contributed by atoms with E-state index in [1.54, 1.807) is 14.2 Å². The second-order valence-electron chi connectivity index (χ2n) is 7.49. The Bertz CT molecular complexity index is 825. The summed E-state index contributed by atoms with van der Waals surface area (Å²) in [6.07, 6.45) is 0.951. The fourth-order valence-corrected chi connectivity index (χ4v) is 4.30. The molecule has 6 nitrogen and oxygen atoms in total. The van der Waals surface area contributed by atoms with Gasteiger partial charge < -0.3 is 24.4 Å². The largest absolute Gasteiger partial charge is 0.493 e. The number of nitrogens with one attached hydrogen (secondary N) is 2. The maximum absolute atomic E-state index is 12.2. The number of rotatable bonds is 8. The van der Waals surface area contributed by atoms with Gasteiger partial charge in [-0.05, 0) is 24.6 Å². The van der Waals surface area contributed by atoms with Gasteiger partial charge in [-0.3, -0.25) is 4.79 Å². The third-order valence-corrected chi connectivity index (χ3v) is 5.57. The van der Waals surface area contributed by atoms with E-state index >= 15 is 0 Å². The first-order chi connectivity index (χ1) is 14.1. The van der Waals surface area contributed by atoms with Crippen LogP contribution in [0.5, 0.6) is 11.5 Å². The summed E-state index contributed by atoms with van der Waals surface area (Å²) >= 11 is 0. The van der Waals surface area contributed by atoms with E-state index in [0.29, 0.717) is 5.75 Å². The van der Waals surface area contributed by atoms with Gasteiger partial charge in [0, 0.05) is 24.7 Å². The topological polar surface area (TPSA) is 61.2 Å². The van der Waals surface area contributed by atoms with E-state index in [9.17, 15) is 4.79 Å². The Morgan fingerprint density at radius 2 is 1.83 bits per heavy atom. The Labute approximate surface area is 172 Å². The molecule has 3 atom stereocenters. The minimum Gasteiger partial charge on any atom is -0.493 e. The Balaban J connectivity index is 1.96. The zero-order chi connectivity index (χ0) is 20.8. The first kappa shape index (κ1) is 21.1. The molecule has 0 spiro atoms. The highest BCUT2D eigenvalue weighted by Gasteiger charge is 2.37. The van der Waals surface area contributed by atoms with E-state index in [4.69, 9.17) is 14.2 Å². The van der Waals surface area contributed by atoms with E-state index < -0.39 is 0 Å². The number of benzene rings is 2. The fourth-order valence-electron chi connectivity index (χ4n) is 4.30. The summed E-state index contributed by atoms with van der Waals surface area (Å²) in [6, 6.07) is 14.7. The number of ether oxygens (including phenoxy) is 3. The van der Waals surface area contributed by atoms with E-state index in [2.05, 4.69) is 48.6 Å². The highest BCUT2D eigenvalue weighted by molar-refractivity contribution is 5.77. The molecule has 1 unspecified atom stereocenters. The molecule has 0 saturated heterocycles. The number of fused-ring (bicyclic) bond motifs is 1. The molecule has 6 heteroatoms. The fraction of sp³-hybridized carbons (Fsp3) is 0.435. The van der Waals surface area contributed by atoms with Crippen LogP contribution in [0.2, 0.25) is 0 Å². The number of carbonyl (C=O) groups excluding carboxylic acids is 1. The first-order valence-electron chi connectivity index (χ1n) is 9.99. The van der Waals surface area contributed by atoms with Crippen molar-refractivity contribution in [3.05, 3.63) is 59.2 Å². The summed E-state index contributed by atoms with van der Waals surface area (Å²) < 4.78 is 16.1. The Hall–Kier alpha value is -2.57. The van der Waals surface area contributed by atoms with Gasteiger partial charge in [-0.25, -0.2) is 0 Å². The lowest BCUT2D eigenvalue weighted by molar-refractivity contribution is -0.948. The van der Waals surface area contributed by atoms with Crippen LogP contribution in [0, 0.1) is 0 Å². The molecule has 1 aliphatic rings. The zero-order valence-electron chi connectivity index (χ0n) is 17.7. The van der Waals surface area contributed by atoms with Crippen LogP contribution in [-0.4, -0.2) is 46.4 Å². The molecule has 0 saturated carbocycles. The summed E-state index contributed by atoms with van der Waals surface area (Å²) in [7, 11) is 4.84. The van der Waals surface area contributed by atoms with Crippen molar-refractivity contribution in [2.45, 2.75) is 32.0 Å². The first-order valence-corrected chi connectivity index (χ1v) is 9.99. The van der Waals surface area contributed by atoms with Gasteiger partial charge in [-0.2, -0.15) is 0 Å². The quantitative estimate of drug-likeness (QED) is 0.707. The maximum Gasteiger partial charge on any atom is 0.246 e. The van der Waals surface area contributed by atoms with Crippen LogP contribution in [0.1, 0.15) is 29.7 Å². The third kappa shape index (κ3) is 4.89. The predicted octanol–water partition coefficient (Wildman–Crippen LogP) is 1.54. The lowest BCUT2D eigenvalue weighted by Crippen LogP contribution is -3.13. The molecule has 156 valence electrons. The number of amides is 1. The van der Waals surface area contributed by atoms with Gasteiger partial charge in [0.25, 0.3) is 0 Å². The van der Waals surface area contributed by atoms with Crippen LogP contribution >= 0.6 is 0 Å². The summed E-state index contributed by atoms with van der Waals surface area (Å²) in [4.78, 5) is 13.6. The molecular weight excluding hydrogens is 368 g/mol. The third-order valence-electron chi connectivity index (χ3n) is 5.57. The second kappa shape index (κ2) is 9.76.